The summed E-state index contributed by atoms with van der Waals surface area (Å²) in [5.74, 6) is 2.54. The Balaban J connectivity index is 0.000000117. The number of fused-ring (bicyclic) bond motifs is 4. The van der Waals surface area contributed by atoms with Gasteiger partial charge in [-0.15, -0.1) is 0 Å². The number of carbonyl (C=O) groups excluding carboxylic acids is 1. The molecule has 12 unspecified atom stereocenters. The average Bonchev–Trinajstić information content (AvgIpc) is 3.64. The lowest BCUT2D eigenvalue weighted by Crippen LogP contribution is -2.27. The topological polar surface area (TPSA) is 76.4 Å². The molecule has 8 aliphatic rings. The predicted octanol–water partition coefficient (Wildman–Crippen LogP) is 4.18. The van der Waals surface area contributed by atoms with E-state index in [1.54, 1.807) is 0 Å². The Morgan fingerprint density at radius 1 is 0.545 bits per heavy atom. The van der Waals surface area contributed by atoms with E-state index in [1.165, 1.54) is 44.9 Å². The minimum atomic E-state index is 0.00258. The van der Waals surface area contributed by atoms with Gasteiger partial charge in [0.15, 0.2) is 0 Å². The summed E-state index contributed by atoms with van der Waals surface area (Å²) >= 11 is 0. The van der Waals surface area contributed by atoms with Gasteiger partial charge in [-0.25, -0.2) is 0 Å². The third kappa shape index (κ3) is 5.14. The smallest absolute Gasteiger partial charge is 0.309 e. The summed E-state index contributed by atoms with van der Waals surface area (Å²) in [7, 11) is 0. The van der Waals surface area contributed by atoms with Crippen LogP contribution in [-0.2, 0) is 28.5 Å². The molecule has 6 heteroatoms. The Morgan fingerprint density at radius 2 is 1.00 bits per heavy atom. The summed E-state index contributed by atoms with van der Waals surface area (Å²) in [4.78, 5) is 12.0. The van der Waals surface area contributed by atoms with Crippen molar-refractivity contribution in [3.63, 3.8) is 0 Å². The summed E-state index contributed by atoms with van der Waals surface area (Å²) in [5, 5.41) is 0. The first-order valence-corrected chi connectivity index (χ1v) is 14.0. The van der Waals surface area contributed by atoms with E-state index in [2.05, 4.69) is 0 Å². The largest absolute Gasteiger partial charge is 0.465 e. The summed E-state index contributed by atoms with van der Waals surface area (Å²) in [5.41, 5.74) is 0. The molecule has 0 N–H and O–H groups in total. The highest BCUT2D eigenvalue weighted by atomic mass is 16.6. The van der Waals surface area contributed by atoms with Crippen molar-refractivity contribution in [3.8, 4) is 0 Å². The van der Waals surface area contributed by atoms with Crippen molar-refractivity contribution in [3.05, 3.63) is 0 Å². The second kappa shape index (κ2) is 8.76. The number of ether oxygens (including phenoxy) is 5. The monoisotopic (exact) mass is 460 g/mol. The van der Waals surface area contributed by atoms with Gasteiger partial charge in [0.05, 0.1) is 61.4 Å². The molecule has 4 heterocycles. The Kier molecular flexibility index (Phi) is 5.73. The summed E-state index contributed by atoms with van der Waals surface area (Å²) in [6, 6.07) is 0. The standard InChI is InChI=1S/C14H20O4.C13H20O2/c15-14(9-2-4-11-13(6-9)18-11)16-7-8-1-3-10-12(5-8)17-10;1-3-10-12(14-10)6-8(1)5-9-2-4-11-13(7-9)15-11/h8-13H,1-7H2;8-13H,1-7H2. The van der Waals surface area contributed by atoms with Crippen LogP contribution in [0.1, 0.15) is 83.5 Å². The van der Waals surface area contributed by atoms with Crippen molar-refractivity contribution < 1.29 is 28.5 Å². The second-order valence-electron chi connectivity index (χ2n) is 12.3. The Bertz CT molecular complexity index is 716. The van der Waals surface area contributed by atoms with Crippen molar-refractivity contribution in [2.75, 3.05) is 6.61 Å². The fourth-order valence-corrected chi connectivity index (χ4v) is 7.45. The number of esters is 1. The van der Waals surface area contributed by atoms with Gasteiger partial charge >= 0.3 is 5.97 Å². The molecule has 4 aliphatic carbocycles. The first-order valence-electron chi connectivity index (χ1n) is 14.0. The molecule has 0 aromatic carbocycles. The van der Waals surface area contributed by atoms with Gasteiger partial charge < -0.3 is 23.7 Å². The summed E-state index contributed by atoms with van der Waals surface area (Å²) in [6.07, 6.45) is 20.4. The highest BCUT2D eigenvalue weighted by Crippen LogP contribution is 2.46. The van der Waals surface area contributed by atoms with Crippen molar-refractivity contribution in [1.82, 2.24) is 0 Å². The number of epoxide rings is 4. The summed E-state index contributed by atoms with van der Waals surface area (Å²) in [6.45, 7) is 0.594. The van der Waals surface area contributed by atoms with E-state index >= 15 is 0 Å². The van der Waals surface area contributed by atoms with Gasteiger partial charge in [-0.1, -0.05) is 0 Å². The molecule has 0 aromatic rings. The van der Waals surface area contributed by atoms with Gasteiger partial charge in [-0.3, -0.25) is 4.79 Å². The van der Waals surface area contributed by atoms with Crippen LogP contribution in [0.2, 0.25) is 0 Å². The maximum atomic E-state index is 12.0. The molecular formula is C27H40O6. The third-order valence-electron chi connectivity index (χ3n) is 9.80. The number of hydrogen-bond donors (Lipinski definition) is 0. The van der Waals surface area contributed by atoms with Gasteiger partial charge in [0, 0.05) is 0 Å². The van der Waals surface area contributed by atoms with Gasteiger partial charge in [-0.2, -0.15) is 0 Å². The van der Waals surface area contributed by atoms with Crippen molar-refractivity contribution in [1.29, 1.82) is 0 Å². The molecule has 33 heavy (non-hydrogen) atoms. The molecule has 8 fully saturated rings. The normalized spacial score (nSPS) is 52.5. The number of rotatable bonds is 5. The zero-order valence-corrected chi connectivity index (χ0v) is 19.8. The van der Waals surface area contributed by atoms with E-state index in [4.69, 9.17) is 23.7 Å². The molecule has 0 aromatic heterocycles. The lowest BCUT2D eigenvalue weighted by Gasteiger charge is -2.26. The fraction of sp³-hybridized carbons (Fsp3) is 0.963. The zero-order chi connectivity index (χ0) is 21.9. The lowest BCUT2D eigenvalue weighted by atomic mass is 9.78. The van der Waals surface area contributed by atoms with Crippen LogP contribution in [0.5, 0.6) is 0 Å². The third-order valence-corrected chi connectivity index (χ3v) is 9.80. The van der Waals surface area contributed by atoms with E-state index in [1.807, 2.05) is 0 Å². The van der Waals surface area contributed by atoms with E-state index in [9.17, 15) is 4.79 Å². The minimum Gasteiger partial charge on any atom is -0.465 e. The quantitative estimate of drug-likeness (QED) is 0.453. The zero-order valence-electron chi connectivity index (χ0n) is 19.8. The molecule has 0 bridgehead atoms. The van der Waals surface area contributed by atoms with Gasteiger partial charge in [0.25, 0.3) is 0 Å². The second-order valence-corrected chi connectivity index (χ2v) is 12.3. The molecule has 8 rings (SSSR count). The predicted molar refractivity (Wildman–Crippen MR) is 120 cm³/mol. The van der Waals surface area contributed by atoms with E-state index in [0.29, 0.717) is 61.4 Å². The van der Waals surface area contributed by atoms with Gasteiger partial charge in [-0.05, 0) is 101 Å². The average molecular weight is 461 g/mol. The van der Waals surface area contributed by atoms with Crippen LogP contribution in [0.25, 0.3) is 0 Å². The molecular weight excluding hydrogens is 420 g/mol. The maximum Gasteiger partial charge on any atom is 0.309 e. The molecule has 0 spiro atoms. The summed E-state index contributed by atoms with van der Waals surface area (Å²) < 4.78 is 27.7. The Hall–Kier alpha value is -0.690. The maximum absolute atomic E-state index is 12.0. The molecule has 0 radical (unpaired) electrons. The minimum absolute atomic E-state index is 0.00258. The molecule has 4 saturated carbocycles. The number of carbonyl (C=O) groups is 1. The van der Waals surface area contributed by atoms with Crippen LogP contribution in [0.3, 0.4) is 0 Å². The molecule has 12 atom stereocenters. The van der Waals surface area contributed by atoms with Crippen molar-refractivity contribution in [2.45, 2.75) is 132 Å². The molecule has 4 aliphatic heterocycles. The van der Waals surface area contributed by atoms with Crippen molar-refractivity contribution in [2.24, 2.45) is 23.7 Å². The first-order chi connectivity index (χ1) is 16.2. The van der Waals surface area contributed by atoms with E-state index in [-0.39, 0.29) is 11.9 Å². The van der Waals surface area contributed by atoms with Crippen LogP contribution in [0, 0.1) is 23.7 Å². The first kappa shape index (κ1) is 21.6. The van der Waals surface area contributed by atoms with Crippen LogP contribution in [0.15, 0.2) is 0 Å². The SMILES string of the molecule is C1CC2OC2CC1CC1CCC2OC2C1.O=C(OCC1CCC2OC2C1)C1CCC2OC2C1. The molecule has 4 saturated heterocycles. The van der Waals surface area contributed by atoms with Crippen LogP contribution < -0.4 is 0 Å². The van der Waals surface area contributed by atoms with Crippen LogP contribution in [-0.4, -0.2) is 61.4 Å². The molecule has 0 amide bonds. The Morgan fingerprint density at radius 3 is 1.52 bits per heavy atom. The van der Waals surface area contributed by atoms with Gasteiger partial charge in [0.2, 0.25) is 0 Å². The Labute approximate surface area is 197 Å². The molecule has 6 nitrogen and oxygen atoms in total. The highest BCUT2D eigenvalue weighted by molar-refractivity contribution is 5.72. The van der Waals surface area contributed by atoms with Crippen molar-refractivity contribution >= 4 is 5.97 Å². The number of hydrogen-bond acceptors (Lipinski definition) is 6. The van der Waals surface area contributed by atoms with E-state index in [0.717, 1.165) is 50.4 Å². The molecule has 184 valence electrons. The van der Waals surface area contributed by atoms with Gasteiger partial charge in [0.1, 0.15) is 0 Å². The van der Waals surface area contributed by atoms with Crippen LogP contribution >= 0.6 is 0 Å². The highest BCUT2D eigenvalue weighted by Gasteiger charge is 2.48. The fourth-order valence-electron chi connectivity index (χ4n) is 7.45. The van der Waals surface area contributed by atoms with Crippen LogP contribution in [0.4, 0.5) is 0 Å². The lowest BCUT2D eigenvalue weighted by molar-refractivity contribution is -0.151. The van der Waals surface area contributed by atoms with E-state index < -0.39 is 0 Å².